The fourth-order valence-corrected chi connectivity index (χ4v) is 8.40. The molecule has 0 aromatic heterocycles. The van der Waals surface area contributed by atoms with Crippen LogP contribution in [0.15, 0.2) is 0 Å². The molecule has 4 aliphatic carbocycles. The smallest absolute Gasteiger partial charge is 0.174 e. The highest BCUT2D eigenvalue weighted by atomic mass is 16.7. The molecule has 142 valence electrons. The molecule has 0 aromatic carbocycles. The van der Waals surface area contributed by atoms with Crippen LogP contribution in [0, 0.1) is 40.4 Å². The summed E-state index contributed by atoms with van der Waals surface area (Å²) in [6, 6.07) is 0. The van der Waals surface area contributed by atoms with E-state index in [1.807, 2.05) is 0 Å². The SMILES string of the molecule is C[C@@]12CC[C@@H](CO)C[C@H]1CC[C@H]1[C@H]2CC[C@]2(C)[C@@H]1CCC21OCCO1. The van der Waals surface area contributed by atoms with Gasteiger partial charge in [-0.1, -0.05) is 13.8 Å². The normalized spacial score (nSPS) is 54.1. The van der Waals surface area contributed by atoms with E-state index < -0.39 is 0 Å². The zero-order valence-corrected chi connectivity index (χ0v) is 16.1. The van der Waals surface area contributed by atoms with Crippen LogP contribution in [0.3, 0.4) is 0 Å². The minimum Gasteiger partial charge on any atom is -0.396 e. The first-order chi connectivity index (χ1) is 12.0. The van der Waals surface area contributed by atoms with E-state index in [1.54, 1.807) is 0 Å². The second kappa shape index (κ2) is 5.69. The third-order valence-electron chi connectivity index (χ3n) is 9.83. The molecule has 7 atom stereocenters. The van der Waals surface area contributed by atoms with Gasteiger partial charge in [0.15, 0.2) is 5.79 Å². The molecule has 3 heteroatoms. The van der Waals surface area contributed by atoms with Crippen LogP contribution >= 0.6 is 0 Å². The van der Waals surface area contributed by atoms with Gasteiger partial charge in [0.05, 0.1) is 13.2 Å². The van der Waals surface area contributed by atoms with E-state index in [1.165, 1.54) is 51.4 Å². The third kappa shape index (κ3) is 2.15. The molecule has 1 saturated heterocycles. The molecular formula is C22H36O3. The van der Waals surface area contributed by atoms with Crippen molar-refractivity contribution in [2.75, 3.05) is 19.8 Å². The molecular weight excluding hydrogens is 312 g/mol. The standard InChI is InChI=1S/C22H36O3/c1-20-8-5-15(14-23)13-16(20)3-4-17-18(20)6-9-21(2)19(17)7-10-22(21)24-11-12-25-22/h15-19,23H,3-14H2,1-2H3/t15-,16-,17+,18-,19-,20-,21-/m1/s1. The summed E-state index contributed by atoms with van der Waals surface area (Å²) in [7, 11) is 0. The number of ether oxygens (including phenoxy) is 2. The average Bonchev–Trinajstić information content (AvgIpc) is 3.21. The van der Waals surface area contributed by atoms with E-state index >= 15 is 0 Å². The molecule has 0 bridgehead atoms. The molecule has 0 amide bonds. The Hall–Kier alpha value is -0.120. The predicted octanol–water partition coefficient (Wildman–Crippen LogP) is 4.38. The lowest BCUT2D eigenvalue weighted by molar-refractivity contribution is -0.247. The minimum atomic E-state index is -0.255. The number of rotatable bonds is 1. The Balaban J connectivity index is 1.42. The number of aliphatic hydroxyl groups excluding tert-OH is 1. The van der Waals surface area contributed by atoms with Crippen molar-refractivity contribution in [3.8, 4) is 0 Å². The van der Waals surface area contributed by atoms with Crippen molar-refractivity contribution in [3.05, 3.63) is 0 Å². The number of hydrogen-bond donors (Lipinski definition) is 1. The van der Waals surface area contributed by atoms with Crippen molar-refractivity contribution < 1.29 is 14.6 Å². The fraction of sp³-hybridized carbons (Fsp3) is 1.00. The van der Waals surface area contributed by atoms with Crippen LogP contribution in [-0.2, 0) is 9.47 Å². The maximum absolute atomic E-state index is 9.64. The van der Waals surface area contributed by atoms with Gasteiger partial charge in [0.2, 0.25) is 0 Å². The van der Waals surface area contributed by atoms with Crippen LogP contribution in [0.5, 0.6) is 0 Å². The highest BCUT2D eigenvalue weighted by Gasteiger charge is 2.67. The lowest BCUT2D eigenvalue weighted by Gasteiger charge is -2.61. The van der Waals surface area contributed by atoms with Crippen molar-refractivity contribution in [2.45, 2.75) is 77.4 Å². The van der Waals surface area contributed by atoms with Crippen molar-refractivity contribution in [3.63, 3.8) is 0 Å². The lowest BCUT2D eigenvalue weighted by atomic mass is 9.44. The number of hydrogen-bond acceptors (Lipinski definition) is 3. The van der Waals surface area contributed by atoms with Gasteiger partial charge in [-0.2, -0.15) is 0 Å². The van der Waals surface area contributed by atoms with Gasteiger partial charge in [-0.05, 0) is 86.4 Å². The van der Waals surface area contributed by atoms with Crippen molar-refractivity contribution in [1.82, 2.24) is 0 Å². The highest BCUT2D eigenvalue weighted by molar-refractivity contribution is 5.12. The molecule has 4 saturated carbocycles. The van der Waals surface area contributed by atoms with Crippen molar-refractivity contribution in [2.24, 2.45) is 40.4 Å². The Labute approximate surface area is 152 Å². The summed E-state index contributed by atoms with van der Waals surface area (Å²) in [6.07, 6.45) is 11.7. The maximum Gasteiger partial charge on any atom is 0.174 e. The monoisotopic (exact) mass is 348 g/mol. The van der Waals surface area contributed by atoms with Crippen LogP contribution < -0.4 is 0 Å². The zero-order chi connectivity index (χ0) is 17.3. The van der Waals surface area contributed by atoms with Gasteiger partial charge in [-0.25, -0.2) is 0 Å². The Morgan fingerprint density at radius 1 is 0.880 bits per heavy atom. The molecule has 5 aliphatic rings. The average molecular weight is 349 g/mol. The Bertz CT molecular complexity index is 527. The van der Waals surface area contributed by atoms with E-state index in [-0.39, 0.29) is 11.2 Å². The van der Waals surface area contributed by atoms with Crippen LogP contribution in [0.2, 0.25) is 0 Å². The van der Waals surface area contributed by atoms with Gasteiger partial charge in [-0.3, -0.25) is 0 Å². The van der Waals surface area contributed by atoms with Gasteiger partial charge >= 0.3 is 0 Å². The summed E-state index contributed by atoms with van der Waals surface area (Å²) in [6.45, 7) is 7.08. The number of fused-ring (bicyclic) bond motifs is 6. The fourth-order valence-electron chi connectivity index (χ4n) is 8.40. The number of aliphatic hydroxyl groups is 1. The first-order valence-electron chi connectivity index (χ1n) is 10.9. The highest BCUT2D eigenvalue weighted by Crippen LogP contribution is 2.69. The van der Waals surface area contributed by atoms with Crippen LogP contribution in [0.1, 0.15) is 71.6 Å². The molecule has 3 nitrogen and oxygen atoms in total. The topological polar surface area (TPSA) is 38.7 Å². The van der Waals surface area contributed by atoms with Gasteiger partial charge in [-0.15, -0.1) is 0 Å². The van der Waals surface area contributed by atoms with Gasteiger partial charge < -0.3 is 14.6 Å². The molecule has 1 spiro atoms. The van der Waals surface area contributed by atoms with E-state index in [2.05, 4.69) is 13.8 Å². The largest absolute Gasteiger partial charge is 0.396 e. The Kier molecular flexibility index (Phi) is 3.87. The molecule has 0 unspecified atom stereocenters. The Morgan fingerprint density at radius 3 is 2.40 bits per heavy atom. The van der Waals surface area contributed by atoms with E-state index in [0.717, 1.165) is 43.3 Å². The molecule has 25 heavy (non-hydrogen) atoms. The Morgan fingerprint density at radius 2 is 1.64 bits per heavy atom. The predicted molar refractivity (Wildman–Crippen MR) is 96.9 cm³/mol. The summed E-state index contributed by atoms with van der Waals surface area (Å²) >= 11 is 0. The minimum absolute atomic E-state index is 0.232. The molecule has 5 rings (SSSR count). The second-order valence-electron chi connectivity index (χ2n) is 10.4. The van der Waals surface area contributed by atoms with Crippen LogP contribution in [0.4, 0.5) is 0 Å². The van der Waals surface area contributed by atoms with Gasteiger partial charge in [0.25, 0.3) is 0 Å². The second-order valence-corrected chi connectivity index (χ2v) is 10.4. The van der Waals surface area contributed by atoms with Gasteiger partial charge in [0.1, 0.15) is 0 Å². The van der Waals surface area contributed by atoms with Crippen LogP contribution in [0.25, 0.3) is 0 Å². The summed E-state index contributed by atoms with van der Waals surface area (Å²) in [5.74, 6) is 3.71. The van der Waals surface area contributed by atoms with Crippen LogP contribution in [-0.4, -0.2) is 30.7 Å². The first-order valence-corrected chi connectivity index (χ1v) is 10.9. The molecule has 0 radical (unpaired) electrons. The summed E-state index contributed by atoms with van der Waals surface area (Å²) in [5.41, 5.74) is 0.749. The molecule has 5 fully saturated rings. The van der Waals surface area contributed by atoms with Crippen molar-refractivity contribution >= 4 is 0 Å². The maximum atomic E-state index is 9.64. The lowest BCUT2D eigenvalue weighted by Crippen LogP contribution is -2.56. The first kappa shape index (κ1) is 17.0. The summed E-state index contributed by atoms with van der Waals surface area (Å²) in [5, 5.41) is 9.64. The zero-order valence-electron chi connectivity index (χ0n) is 16.1. The molecule has 1 heterocycles. The van der Waals surface area contributed by atoms with E-state index in [4.69, 9.17) is 9.47 Å². The van der Waals surface area contributed by atoms with Gasteiger partial charge in [0, 0.05) is 18.4 Å². The molecule has 0 aromatic rings. The van der Waals surface area contributed by atoms with Crippen molar-refractivity contribution in [1.29, 1.82) is 0 Å². The quantitative estimate of drug-likeness (QED) is 0.764. The van der Waals surface area contributed by atoms with E-state index in [9.17, 15) is 5.11 Å². The molecule has 1 aliphatic heterocycles. The summed E-state index contributed by atoms with van der Waals surface area (Å²) in [4.78, 5) is 0. The third-order valence-corrected chi connectivity index (χ3v) is 9.83. The molecule has 1 N–H and O–H groups in total. The summed E-state index contributed by atoms with van der Waals surface area (Å²) < 4.78 is 12.5. The van der Waals surface area contributed by atoms with E-state index in [0.29, 0.717) is 17.9 Å².